The maximum atomic E-state index is 11.9. The standard InChI is InChI=1S/C16H26N2O2/c1-5-14(18-15(20)17-12(2)11-19)16(3,4)13-9-7-6-8-10-13/h6-10,12,14,19H,5,11H2,1-4H3,(H2,17,18,20). The summed E-state index contributed by atoms with van der Waals surface area (Å²) < 4.78 is 0. The molecule has 1 rings (SSSR count). The van der Waals surface area contributed by atoms with Crippen LogP contribution in [0.4, 0.5) is 4.79 Å². The van der Waals surface area contributed by atoms with Gasteiger partial charge in [-0.1, -0.05) is 51.1 Å². The second-order valence-electron chi connectivity index (χ2n) is 5.75. The van der Waals surface area contributed by atoms with E-state index in [0.717, 1.165) is 6.42 Å². The minimum absolute atomic E-state index is 0.0239. The molecule has 112 valence electrons. The van der Waals surface area contributed by atoms with Crippen LogP contribution in [0.15, 0.2) is 30.3 Å². The molecule has 0 spiro atoms. The van der Waals surface area contributed by atoms with Crippen LogP contribution < -0.4 is 10.6 Å². The zero-order valence-corrected chi connectivity index (χ0v) is 12.8. The number of benzene rings is 1. The number of aliphatic hydroxyl groups is 1. The number of aliphatic hydroxyl groups excluding tert-OH is 1. The number of rotatable bonds is 6. The summed E-state index contributed by atoms with van der Waals surface area (Å²) in [7, 11) is 0. The van der Waals surface area contributed by atoms with E-state index in [-0.39, 0.29) is 30.1 Å². The second-order valence-corrected chi connectivity index (χ2v) is 5.75. The van der Waals surface area contributed by atoms with Gasteiger partial charge in [-0.25, -0.2) is 4.79 Å². The van der Waals surface area contributed by atoms with Crippen molar-refractivity contribution in [2.45, 2.75) is 51.6 Å². The molecule has 1 aromatic rings. The fourth-order valence-corrected chi connectivity index (χ4v) is 2.33. The molecule has 0 aliphatic heterocycles. The number of carbonyl (C=O) groups is 1. The highest BCUT2D eigenvalue weighted by molar-refractivity contribution is 5.74. The van der Waals surface area contributed by atoms with Crippen LogP contribution in [0.2, 0.25) is 0 Å². The number of amides is 2. The van der Waals surface area contributed by atoms with Gasteiger partial charge in [0.05, 0.1) is 12.6 Å². The van der Waals surface area contributed by atoms with Crippen LogP contribution in [0, 0.1) is 0 Å². The Hall–Kier alpha value is -1.55. The van der Waals surface area contributed by atoms with Crippen LogP contribution in [0.1, 0.15) is 39.7 Å². The number of hydrogen-bond donors (Lipinski definition) is 3. The molecule has 0 bridgehead atoms. The number of nitrogens with one attached hydrogen (secondary N) is 2. The Labute approximate surface area is 121 Å². The first-order valence-corrected chi connectivity index (χ1v) is 7.15. The molecule has 20 heavy (non-hydrogen) atoms. The zero-order valence-electron chi connectivity index (χ0n) is 12.8. The minimum atomic E-state index is -0.243. The van der Waals surface area contributed by atoms with Gasteiger partial charge in [0, 0.05) is 11.5 Å². The molecule has 1 aromatic carbocycles. The van der Waals surface area contributed by atoms with Gasteiger partial charge in [0.1, 0.15) is 0 Å². The average Bonchev–Trinajstić information content (AvgIpc) is 2.45. The Morgan fingerprint density at radius 1 is 1.25 bits per heavy atom. The number of hydrogen-bond acceptors (Lipinski definition) is 2. The summed E-state index contributed by atoms with van der Waals surface area (Å²) in [5.41, 5.74) is 1.04. The predicted octanol–water partition coefficient (Wildman–Crippen LogP) is 2.42. The molecule has 0 aromatic heterocycles. The largest absolute Gasteiger partial charge is 0.394 e. The van der Waals surface area contributed by atoms with Crippen LogP contribution in [-0.2, 0) is 5.41 Å². The Kier molecular flexibility index (Phi) is 6.02. The zero-order chi connectivity index (χ0) is 15.2. The van der Waals surface area contributed by atoms with E-state index in [9.17, 15) is 4.79 Å². The SMILES string of the molecule is CCC(NC(=O)NC(C)CO)C(C)(C)c1ccccc1. The Morgan fingerprint density at radius 3 is 2.35 bits per heavy atom. The van der Waals surface area contributed by atoms with Gasteiger partial charge < -0.3 is 15.7 Å². The van der Waals surface area contributed by atoms with E-state index >= 15 is 0 Å². The summed E-state index contributed by atoms with van der Waals surface area (Å²) >= 11 is 0. The van der Waals surface area contributed by atoms with Crippen LogP contribution in [0.3, 0.4) is 0 Å². The third-order valence-electron chi connectivity index (χ3n) is 3.75. The molecular formula is C16H26N2O2. The summed E-state index contributed by atoms with van der Waals surface area (Å²) in [6, 6.07) is 9.72. The first-order chi connectivity index (χ1) is 9.41. The first kappa shape index (κ1) is 16.5. The highest BCUT2D eigenvalue weighted by atomic mass is 16.3. The van der Waals surface area contributed by atoms with Gasteiger partial charge in [-0.05, 0) is 18.9 Å². The molecule has 0 aliphatic carbocycles. The van der Waals surface area contributed by atoms with Crippen molar-refractivity contribution in [1.29, 1.82) is 0 Å². The van der Waals surface area contributed by atoms with E-state index in [4.69, 9.17) is 5.11 Å². The highest BCUT2D eigenvalue weighted by Gasteiger charge is 2.31. The fraction of sp³-hybridized carbons (Fsp3) is 0.562. The van der Waals surface area contributed by atoms with Crippen molar-refractivity contribution in [3.05, 3.63) is 35.9 Å². The van der Waals surface area contributed by atoms with E-state index in [1.165, 1.54) is 5.56 Å². The minimum Gasteiger partial charge on any atom is -0.394 e. The highest BCUT2D eigenvalue weighted by Crippen LogP contribution is 2.28. The number of urea groups is 1. The van der Waals surface area contributed by atoms with Crippen LogP contribution in [0.25, 0.3) is 0 Å². The van der Waals surface area contributed by atoms with E-state index in [1.807, 2.05) is 18.2 Å². The van der Waals surface area contributed by atoms with E-state index < -0.39 is 0 Å². The maximum absolute atomic E-state index is 11.9. The Balaban J connectivity index is 2.77. The molecule has 0 heterocycles. The molecule has 0 aliphatic rings. The normalized spacial score (nSPS) is 14.4. The van der Waals surface area contributed by atoms with Gasteiger partial charge in [0.25, 0.3) is 0 Å². The van der Waals surface area contributed by atoms with Crippen molar-refractivity contribution in [1.82, 2.24) is 10.6 Å². The molecular weight excluding hydrogens is 252 g/mol. The molecule has 0 radical (unpaired) electrons. The predicted molar refractivity (Wildman–Crippen MR) is 81.8 cm³/mol. The summed E-state index contributed by atoms with van der Waals surface area (Å²) in [5, 5.41) is 14.7. The molecule has 4 heteroatoms. The third-order valence-corrected chi connectivity index (χ3v) is 3.75. The molecule has 0 saturated carbocycles. The molecule has 0 saturated heterocycles. The Bertz CT molecular complexity index is 418. The lowest BCUT2D eigenvalue weighted by Gasteiger charge is -2.35. The van der Waals surface area contributed by atoms with Crippen LogP contribution in [0.5, 0.6) is 0 Å². The van der Waals surface area contributed by atoms with Gasteiger partial charge in [-0.3, -0.25) is 0 Å². The van der Waals surface area contributed by atoms with Crippen LogP contribution in [-0.4, -0.2) is 29.8 Å². The lowest BCUT2D eigenvalue weighted by atomic mass is 9.76. The molecule has 2 atom stereocenters. The molecule has 2 unspecified atom stereocenters. The number of carbonyl (C=O) groups excluding carboxylic acids is 1. The second kappa shape index (κ2) is 7.29. The average molecular weight is 278 g/mol. The molecule has 2 amide bonds. The van der Waals surface area contributed by atoms with Gasteiger partial charge in [0.2, 0.25) is 0 Å². The fourth-order valence-electron chi connectivity index (χ4n) is 2.33. The summed E-state index contributed by atoms with van der Waals surface area (Å²) in [5.74, 6) is 0. The van der Waals surface area contributed by atoms with Crippen molar-refractivity contribution in [2.75, 3.05) is 6.61 Å². The van der Waals surface area contributed by atoms with Gasteiger partial charge in [-0.2, -0.15) is 0 Å². The summed E-state index contributed by atoms with van der Waals surface area (Å²) in [6.45, 7) is 8.03. The van der Waals surface area contributed by atoms with Crippen molar-refractivity contribution >= 4 is 6.03 Å². The first-order valence-electron chi connectivity index (χ1n) is 7.15. The van der Waals surface area contributed by atoms with Crippen LogP contribution >= 0.6 is 0 Å². The monoisotopic (exact) mass is 278 g/mol. The van der Waals surface area contributed by atoms with Crippen molar-refractivity contribution in [3.63, 3.8) is 0 Å². The van der Waals surface area contributed by atoms with Gasteiger partial charge in [0.15, 0.2) is 0 Å². The molecule has 4 nitrogen and oxygen atoms in total. The topological polar surface area (TPSA) is 61.4 Å². The van der Waals surface area contributed by atoms with Crippen molar-refractivity contribution in [2.24, 2.45) is 0 Å². The van der Waals surface area contributed by atoms with E-state index in [0.29, 0.717) is 0 Å². The van der Waals surface area contributed by atoms with E-state index in [2.05, 4.69) is 43.5 Å². The quantitative estimate of drug-likeness (QED) is 0.748. The lowest BCUT2D eigenvalue weighted by Crippen LogP contribution is -2.52. The smallest absolute Gasteiger partial charge is 0.315 e. The molecule has 3 N–H and O–H groups in total. The van der Waals surface area contributed by atoms with Gasteiger partial charge in [-0.15, -0.1) is 0 Å². The van der Waals surface area contributed by atoms with Crippen molar-refractivity contribution in [3.8, 4) is 0 Å². The molecule has 0 fully saturated rings. The Morgan fingerprint density at radius 2 is 1.85 bits per heavy atom. The summed E-state index contributed by atoms with van der Waals surface area (Å²) in [6.07, 6.45) is 0.836. The van der Waals surface area contributed by atoms with Crippen molar-refractivity contribution < 1.29 is 9.90 Å². The van der Waals surface area contributed by atoms with E-state index in [1.54, 1.807) is 6.92 Å². The third kappa shape index (κ3) is 4.23. The summed E-state index contributed by atoms with van der Waals surface area (Å²) in [4.78, 5) is 11.9. The van der Waals surface area contributed by atoms with Gasteiger partial charge >= 0.3 is 6.03 Å². The maximum Gasteiger partial charge on any atom is 0.315 e. The lowest BCUT2D eigenvalue weighted by molar-refractivity contribution is 0.211.